The SMILES string of the molecule is CCc1cc(C(=O)NCc2ccccc2F)cc(NC)n1. The van der Waals surface area contributed by atoms with Crippen molar-refractivity contribution in [1.29, 1.82) is 0 Å². The molecule has 0 atom stereocenters. The number of anilines is 1. The zero-order valence-corrected chi connectivity index (χ0v) is 12.1. The van der Waals surface area contributed by atoms with Crippen molar-refractivity contribution in [2.75, 3.05) is 12.4 Å². The number of benzene rings is 1. The fourth-order valence-electron chi connectivity index (χ4n) is 1.95. The summed E-state index contributed by atoms with van der Waals surface area (Å²) >= 11 is 0. The van der Waals surface area contributed by atoms with Gasteiger partial charge in [-0.05, 0) is 24.6 Å². The summed E-state index contributed by atoms with van der Waals surface area (Å²) < 4.78 is 13.5. The van der Waals surface area contributed by atoms with Gasteiger partial charge in [-0.15, -0.1) is 0 Å². The minimum Gasteiger partial charge on any atom is -0.373 e. The molecule has 0 bridgehead atoms. The lowest BCUT2D eigenvalue weighted by molar-refractivity contribution is 0.0950. The van der Waals surface area contributed by atoms with Gasteiger partial charge in [-0.1, -0.05) is 25.1 Å². The summed E-state index contributed by atoms with van der Waals surface area (Å²) in [6.07, 6.45) is 0.739. The summed E-state index contributed by atoms with van der Waals surface area (Å²) in [7, 11) is 1.75. The Kier molecular flexibility index (Phi) is 4.87. The molecule has 110 valence electrons. The fraction of sp³-hybridized carbons (Fsp3) is 0.250. The van der Waals surface area contributed by atoms with E-state index in [0.29, 0.717) is 16.9 Å². The minimum atomic E-state index is -0.322. The molecule has 1 aromatic carbocycles. The van der Waals surface area contributed by atoms with E-state index in [4.69, 9.17) is 0 Å². The number of amides is 1. The lowest BCUT2D eigenvalue weighted by Gasteiger charge is -2.09. The van der Waals surface area contributed by atoms with Crippen molar-refractivity contribution in [3.05, 3.63) is 59.0 Å². The predicted octanol–water partition coefficient (Wildman–Crippen LogP) is 2.75. The molecule has 2 rings (SSSR count). The maximum absolute atomic E-state index is 13.5. The van der Waals surface area contributed by atoms with Gasteiger partial charge in [-0.25, -0.2) is 9.37 Å². The highest BCUT2D eigenvalue weighted by Crippen LogP contribution is 2.12. The van der Waals surface area contributed by atoms with Crippen LogP contribution in [0.3, 0.4) is 0 Å². The van der Waals surface area contributed by atoms with Crippen LogP contribution in [0.5, 0.6) is 0 Å². The summed E-state index contributed by atoms with van der Waals surface area (Å²) in [6.45, 7) is 2.13. The van der Waals surface area contributed by atoms with Crippen molar-refractivity contribution >= 4 is 11.7 Å². The average molecular weight is 287 g/mol. The predicted molar refractivity (Wildman–Crippen MR) is 80.7 cm³/mol. The lowest BCUT2D eigenvalue weighted by atomic mass is 10.1. The number of rotatable bonds is 5. The van der Waals surface area contributed by atoms with Crippen molar-refractivity contribution in [2.24, 2.45) is 0 Å². The van der Waals surface area contributed by atoms with Crippen LogP contribution in [0, 0.1) is 5.82 Å². The Morgan fingerprint density at radius 2 is 2.05 bits per heavy atom. The van der Waals surface area contributed by atoms with Gasteiger partial charge < -0.3 is 10.6 Å². The first kappa shape index (κ1) is 15.0. The number of nitrogens with zero attached hydrogens (tertiary/aromatic N) is 1. The van der Waals surface area contributed by atoms with Crippen molar-refractivity contribution < 1.29 is 9.18 Å². The molecule has 1 aromatic heterocycles. The van der Waals surface area contributed by atoms with Gasteiger partial charge in [-0.2, -0.15) is 0 Å². The molecule has 0 aliphatic rings. The van der Waals surface area contributed by atoms with Crippen molar-refractivity contribution in [3.63, 3.8) is 0 Å². The van der Waals surface area contributed by atoms with Crippen molar-refractivity contribution in [2.45, 2.75) is 19.9 Å². The first-order valence-electron chi connectivity index (χ1n) is 6.84. The van der Waals surface area contributed by atoms with Gasteiger partial charge in [0, 0.05) is 30.4 Å². The van der Waals surface area contributed by atoms with Gasteiger partial charge in [0.2, 0.25) is 0 Å². The van der Waals surface area contributed by atoms with Crippen LogP contribution in [0.15, 0.2) is 36.4 Å². The second kappa shape index (κ2) is 6.83. The van der Waals surface area contributed by atoms with Crippen LogP contribution >= 0.6 is 0 Å². The average Bonchev–Trinajstić information content (AvgIpc) is 2.53. The van der Waals surface area contributed by atoms with E-state index < -0.39 is 0 Å². The van der Waals surface area contributed by atoms with Crippen LogP contribution in [0.4, 0.5) is 10.2 Å². The van der Waals surface area contributed by atoms with Crippen LogP contribution in [-0.4, -0.2) is 17.9 Å². The van der Waals surface area contributed by atoms with Crippen LogP contribution in [0.25, 0.3) is 0 Å². The number of halogens is 1. The Labute approximate surface area is 123 Å². The van der Waals surface area contributed by atoms with Crippen LogP contribution in [-0.2, 0) is 13.0 Å². The van der Waals surface area contributed by atoms with E-state index in [0.717, 1.165) is 12.1 Å². The van der Waals surface area contributed by atoms with Gasteiger partial charge in [-0.3, -0.25) is 4.79 Å². The van der Waals surface area contributed by atoms with Crippen LogP contribution in [0.2, 0.25) is 0 Å². The lowest BCUT2D eigenvalue weighted by Crippen LogP contribution is -2.23. The molecule has 1 amide bonds. The molecule has 0 saturated heterocycles. The highest BCUT2D eigenvalue weighted by molar-refractivity contribution is 5.95. The molecule has 0 spiro atoms. The summed E-state index contributed by atoms with van der Waals surface area (Å²) in [4.78, 5) is 16.5. The van der Waals surface area contributed by atoms with Crippen molar-refractivity contribution in [1.82, 2.24) is 10.3 Å². The van der Waals surface area contributed by atoms with E-state index in [1.807, 2.05) is 6.92 Å². The molecular formula is C16H18FN3O. The Morgan fingerprint density at radius 3 is 2.71 bits per heavy atom. The number of carbonyl (C=O) groups is 1. The number of aromatic nitrogens is 1. The molecule has 2 N–H and O–H groups in total. The molecule has 0 aliphatic heterocycles. The Bertz CT molecular complexity index is 621. The fourth-order valence-corrected chi connectivity index (χ4v) is 1.95. The molecule has 5 heteroatoms. The number of pyridine rings is 1. The Morgan fingerprint density at radius 1 is 1.29 bits per heavy atom. The maximum Gasteiger partial charge on any atom is 0.251 e. The summed E-state index contributed by atoms with van der Waals surface area (Å²) in [5.41, 5.74) is 1.81. The molecule has 0 radical (unpaired) electrons. The normalized spacial score (nSPS) is 10.2. The second-order valence-corrected chi connectivity index (χ2v) is 4.61. The molecular weight excluding hydrogens is 269 g/mol. The number of nitrogens with one attached hydrogen (secondary N) is 2. The Hall–Kier alpha value is -2.43. The van der Waals surface area contributed by atoms with Crippen molar-refractivity contribution in [3.8, 4) is 0 Å². The third-order valence-corrected chi connectivity index (χ3v) is 3.16. The molecule has 21 heavy (non-hydrogen) atoms. The number of aryl methyl sites for hydroxylation is 1. The highest BCUT2D eigenvalue weighted by Gasteiger charge is 2.10. The molecule has 1 heterocycles. The molecule has 0 fully saturated rings. The van der Waals surface area contributed by atoms with E-state index >= 15 is 0 Å². The quantitative estimate of drug-likeness (QED) is 0.889. The smallest absolute Gasteiger partial charge is 0.251 e. The Balaban J connectivity index is 2.11. The first-order chi connectivity index (χ1) is 10.1. The van der Waals surface area contributed by atoms with Gasteiger partial charge in [0.15, 0.2) is 0 Å². The molecule has 0 aliphatic carbocycles. The largest absolute Gasteiger partial charge is 0.373 e. The third kappa shape index (κ3) is 3.78. The van der Waals surface area contributed by atoms with E-state index in [9.17, 15) is 9.18 Å². The van der Waals surface area contributed by atoms with E-state index in [2.05, 4.69) is 15.6 Å². The van der Waals surface area contributed by atoms with Gasteiger partial charge >= 0.3 is 0 Å². The first-order valence-corrected chi connectivity index (χ1v) is 6.84. The standard InChI is InChI=1S/C16H18FN3O/c1-3-13-8-12(9-15(18-2)20-13)16(21)19-10-11-6-4-5-7-14(11)17/h4-9H,3,10H2,1-2H3,(H,18,20)(H,19,21). The topological polar surface area (TPSA) is 54.0 Å². The molecule has 0 saturated carbocycles. The number of carbonyl (C=O) groups excluding carboxylic acids is 1. The van der Waals surface area contributed by atoms with Gasteiger partial charge in [0.25, 0.3) is 5.91 Å². The maximum atomic E-state index is 13.5. The van der Waals surface area contributed by atoms with E-state index in [-0.39, 0.29) is 18.3 Å². The third-order valence-electron chi connectivity index (χ3n) is 3.16. The van der Waals surface area contributed by atoms with E-state index in [1.54, 1.807) is 37.4 Å². The second-order valence-electron chi connectivity index (χ2n) is 4.61. The zero-order chi connectivity index (χ0) is 15.2. The molecule has 2 aromatic rings. The monoisotopic (exact) mass is 287 g/mol. The zero-order valence-electron chi connectivity index (χ0n) is 12.1. The van der Waals surface area contributed by atoms with Gasteiger partial charge in [0.05, 0.1) is 0 Å². The van der Waals surface area contributed by atoms with Crippen LogP contribution < -0.4 is 10.6 Å². The molecule has 4 nitrogen and oxygen atoms in total. The number of hydrogen-bond donors (Lipinski definition) is 2. The van der Waals surface area contributed by atoms with E-state index in [1.165, 1.54) is 6.07 Å². The van der Waals surface area contributed by atoms with Gasteiger partial charge in [0.1, 0.15) is 11.6 Å². The molecule has 0 unspecified atom stereocenters. The minimum absolute atomic E-state index is 0.157. The number of hydrogen-bond acceptors (Lipinski definition) is 3. The van der Waals surface area contributed by atoms with Crippen LogP contribution in [0.1, 0.15) is 28.5 Å². The highest BCUT2D eigenvalue weighted by atomic mass is 19.1. The summed E-state index contributed by atoms with van der Waals surface area (Å²) in [6, 6.07) is 9.82. The summed E-state index contributed by atoms with van der Waals surface area (Å²) in [5.74, 6) is 0.0786. The summed E-state index contributed by atoms with van der Waals surface area (Å²) in [5, 5.41) is 5.65.